The fourth-order valence-corrected chi connectivity index (χ4v) is 2.27. The maximum Gasteiger partial charge on any atom is 0.306 e. The van der Waals surface area contributed by atoms with E-state index < -0.39 is 5.97 Å². The second-order valence-corrected chi connectivity index (χ2v) is 4.82. The lowest BCUT2D eigenvalue weighted by molar-refractivity contribution is -0.143. The van der Waals surface area contributed by atoms with Crippen molar-refractivity contribution in [1.82, 2.24) is 4.90 Å². The van der Waals surface area contributed by atoms with Crippen molar-refractivity contribution in [3.63, 3.8) is 0 Å². The van der Waals surface area contributed by atoms with Gasteiger partial charge in [0, 0.05) is 5.56 Å². The molecule has 1 aliphatic rings. The third-order valence-corrected chi connectivity index (χ3v) is 3.47. The number of hydrogen-bond acceptors (Lipinski definition) is 3. The van der Waals surface area contributed by atoms with E-state index in [4.69, 9.17) is 5.11 Å². The van der Waals surface area contributed by atoms with E-state index in [1.165, 1.54) is 24.3 Å². The molecule has 5 heteroatoms. The number of hydrogen-bond donors (Lipinski definition) is 1. The van der Waals surface area contributed by atoms with Crippen LogP contribution in [0.3, 0.4) is 0 Å². The number of carbonyl (C=O) groups excluding carboxylic acids is 1. The van der Waals surface area contributed by atoms with Crippen molar-refractivity contribution < 1.29 is 19.1 Å². The van der Waals surface area contributed by atoms with Crippen LogP contribution in [0.2, 0.25) is 0 Å². The second kappa shape index (κ2) is 5.93. The zero-order valence-electron chi connectivity index (χ0n) is 10.5. The number of nitrogens with zero attached hydrogens (tertiary/aromatic N) is 1. The minimum absolute atomic E-state index is 0.0613. The van der Waals surface area contributed by atoms with E-state index in [-0.39, 0.29) is 24.1 Å². The van der Waals surface area contributed by atoms with Crippen LogP contribution >= 0.6 is 0 Å². The predicted molar refractivity (Wildman–Crippen MR) is 67.5 cm³/mol. The van der Waals surface area contributed by atoms with Crippen LogP contribution in [0.5, 0.6) is 0 Å². The summed E-state index contributed by atoms with van der Waals surface area (Å²) in [6, 6.07) is 5.48. The number of benzene rings is 1. The van der Waals surface area contributed by atoms with Gasteiger partial charge >= 0.3 is 5.97 Å². The molecule has 1 aromatic carbocycles. The summed E-state index contributed by atoms with van der Waals surface area (Å²) in [4.78, 5) is 24.7. The molecule has 2 rings (SSSR count). The van der Waals surface area contributed by atoms with Crippen molar-refractivity contribution in [2.45, 2.75) is 12.8 Å². The molecule has 0 unspecified atom stereocenters. The molecule has 1 saturated heterocycles. The molecule has 0 spiro atoms. The van der Waals surface area contributed by atoms with Gasteiger partial charge in [-0.1, -0.05) is 0 Å². The maximum atomic E-state index is 12.8. The summed E-state index contributed by atoms with van der Waals surface area (Å²) < 4.78 is 12.8. The monoisotopic (exact) mass is 265 g/mol. The molecule has 0 aliphatic carbocycles. The molecule has 1 heterocycles. The number of aliphatic carboxylic acids is 1. The fourth-order valence-electron chi connectivity index (χ4n) is 2.27. The molecule has 0 amide bonds. The van der Waals surface area contributed by atoms with Crippen molar-refractivity contribution in [2.75, 3.05) is 19.6 Å². The Labute approximate surface area is 110 Å². The first-order valence-electron chi connectivity index (χ1n) is 6.30. The van der Waals surface area contributed by atoms with Crippen LogP contribution < -0.4 is 0 Å². The molecule has 1 fully saturated rings. The van der Waals surface area contributed by atoms with E-state index in [1.54, 1.807) is 0 Å². The quantitative estimate of drug-likeness (QED) is 0.843. The molecule has 1 aromatic rings. The Morgan fingerprint density at radius 1 is 1.21 bits per heavy atom. The lowest BCUT2D eigenvalue weighted by atomic mass is 9.97. The molecule has 0 saturated carbocycles. The van der Waals surface area contributed by atoms with E-state index in [0.29, 0.717) is 31.5 Å². The van der Waals surface area contributed by atoms with Gasteiger partial charge in [-0.3, -0.25) is 14.5 Å². The Morgan fingerprint density at radius 2 is 1.79 bits per heavy atom. The van der Waals surface area contributed by atoms with Crippen LogP contribution in [-0.4, -0.2) is 41.4 Å². The number of halogens is 1. The third-order valence-electron chi connectivity index (χ3n) is 3.47. The second-order valence-electron chi connectivity index (χ2n) is 4.82. The van der Waals surface area contributed by atoms with Crippen molar-refractivity contribution >= 4 is 11.8 Å². The summed E-state index contributed by atoms with van der Waals surface area (Å²) in [6.45, 7) is 1.49. The molecule has 1 N–H and O–H groups in total. The molecule has 0 bridgehead atoms. The fraction of sp³-hybridized carbons (Fsp3) is 0.429. The standard InChI is InChI=1S/C14H16FNO3/c15-12-3-1-10(2-4-12)13(17)9-16-7-5-11(6-8-16)14(18)19/h1-4,11H,5-9H2,(H,18,19). The van der Waals surface area contributed by atoms with Gasteiger partial charge in [0.25, 0.3) is 0 Å². The molecular formula is C14H16FNO3. The third kappa shape index (κ3) is 3.61. The number of carboxylic acids is 1. The minimum atomic E-state index is -0.760. The zero-order valence-corrected chi connectivity index (χ0v) is 10.5. The Balaban J connectivity index is 1.87. The Hall–Kier alpha value is -1.75. The van der Waals surface area contributed by atoms with Gasteiger partial charge in [-0.05, 0) is 50.2 Å². The molecule has 19 heavy (non-hydrogen) atoms. The van der Waals surface area contributed by atoms with Crippen LogP contribution in [0.15, 0.2) is 24.3 Å². The first kappa shape index (κ1) is 13.7. The van der Waals surface area contributed by atoms with E-state index in [2.05, 4.69) is 0 Å². The van der Waals surface area contributed by atoms with Crippen LogP contribution in [0.1, 0.15) is 23.2 Å². The van der Waals surface area contributed by atoms with Gasteiger partial charge in [-0.25, -0.2) is 4.39 Å². The van der Waals surface area contributed by atoms with Gasteiger partial charge in [-0.2, -0.15) is 0 Å². The largest absolute Gasteiger partial charge is 0.481 e. The lowest BCUT2D eigenvalue weighted by Crippen LogP contribution is -2.39. The van der Waals surface area contributed by atoms with Crippen molar-refractivity contribution in [3.8, 4) is 0 Å². The van der Waals surface area contributed by atoms with E-state index >= 15 is 0 Å². The number of carbonyl (C=O) groups is 2. The highest BCUT2D eigenvalue weighted by Gasteiger charge is 2.25. The van der Waals surface area contributed by atoms with E-state index in [1.807, 2.05) is 4.90 Å². The summed E-state index contributed by atoms with van der Waals surface area (Å²) in [7, 11) is 0. The Bertz CT molecular complexity index is 464. The Kier molecular flexibility index (Phi) is 4.27. The SMILES string of the molecule is O=C(CN1CCC(C(=O)O)CC1)c1ccc(F)cc1. The summed E-state index contributed by atoms with van der Waals surface area (Å²) in [5.41, 5.74) is 0.488. The molecular weight excluding hydrogens is 249 g/mol. The highest BCUT2D eigenvalue weighted by atomic mass is 19.1. The summed E-state index contributed by atoms with van der Waals surface area (Å²) in [5, 5.41) is 8.89. The van der Waals surface area contributed by atoms with Crippen molar-refractivity contribution in [1.29, 1.82) is 0 Å². The molecule has 0 radical (unpaired) electrons. The lowest BCUT2D eigenvalue weighted by Gasteiger charge is -2.29. The van der Waals surface area contributed by atoms with Gasteiger partial charge in [0.1, 0.15) is 5.82 Å². The average Bonchev–Trinajstić information content (AvgIpc) is 2.40. The highest BCUT2D eigenvalue weighted by molar-refractivity contribution is 5.97. The average molecular weight is 265 g/mol. The predicted octanol–water partition coefficient (Wildman–Crippen LogP) is 1.80. The number of piperidine rings is 1. The number of rotatable bonds is 4. The van der Waals surface area contributed by atoms with Crippen LogP contribution in [0.4, 0.5) is 4.39 Å². The number of ketones is 1. The van der Waals surface area contributed by atoms with Gasteiger partial charge in [-0.15, -0.1) is 0 Å². The first-order valence-corrected chi connectivity index (χ1v) is 6.30. The van der Waals surface area contributed by atoms with Crippen LogP contribution in [0, 0.1) is 11.7 Å². The number of carboxylic acid groups (broad SMARTS) is 1. The normalized spacial score (nSPS) is 17.3. The Morgan fingerprint density at radius 3 is 2.32 bits per heavy atom. The maximum absolute atomic E-state index is 12.8. The first-order chi connectivity index (χ1) is 9.06. The molecule has 0 atom stereocenters. The van der Waals surface area contributed by atoms with Crippen LogP contribution in [0.25, 0.3) is 0 Å². The summed E-state index contributed by atoms with van der Waals surface area (Å²) in [6.07, 6.45) is 1.15. The van der Waals surface area contributed by atoms with Gasteiger partial charge in [0.05, 0.1) is 12.5 Å². The summed E-state index contributed by atoms with van der Waals surface area (Å²) >= 11 is 0. The van der Waals surface area contributed by atoms with Gasteiger partial charge in [0.15, 0.2) is 5.78 Å². The van der Waals surface area contributed by atoms with Crippen LogP contribution in [-0.2, 0) is 4.79 Å². The van der Waals surface area contributed by atoms with Gasteiger partial charge < -0.3 is 5.11 Å². The van der Waals surface area contributed by atoms with E-state index in [9.17, 15) is 14.0 Å². The number of Topliss-reactive ketones (excluding diaryl/α,β-unsaturated/α-hetero) is 1. The zero-order chi connectivity index (χ0) is 13.8. The smallest absolute Gasteiger partial charge is 0.306 e. The van der Waals surface area contributed by atoms with Gasteiger partial charge in [0.2, 0.25) is 0 Å². The molecule has 102 valence electrons. The molecule has 1 aliphatic heterocycles. The highest BCUT2D eigenvalue weighted by Crippen LogP contribution is 2.17. The summed E-state index contributed by atoms with van der Waals surface area (Å²) in [5.74, 6) is -1.48. The molecule has 0 aromatic heterocycles. The van der Waals surface area contributed by atoms with Crippen molar-refractivity contribution in [2.24, 2.45) is 5.92 Å². The number of likely N-dealkylation sites (tertiary alicyclic amines) is 1. The van der Waals surface area contributed by atoms with Crippen molar-refractivity contribution in [3.05, 3.63) is 35.6 Å². The topological polar surface area (TPSA) is 57.6 Å². The minimum Gasteiger partial charge on any atom is -0.481 e. The molecule has 4 nitrogen and oxygen atoms in total. The van der Waals surface area contributed by atoms with E-state index in [0.717, 1.165) is 0 Å².